The van der Waals surface area contributed by atoms with Crippen LogP contribution in [0.5, 0.6) is 11.5 Å². The van der Waals surface area contributed by atoms with E-state index in [-0.39, 0.29) is 18.7 Å². The normalized spacial score (nSPS) is 13.9. The smallest absolute Gasteiger partial charge is 0.485 e. The molecule has 1 heterocycles. The van der Waals surface area contributed by atoms with Gasteiger partial charge in [-0.3, -0.25) is 0 Å². The Hall–Kier alpha value is -4.18. The van der Waals surface area contributed by atoms with Crippen molar-refractivity contribution in [2.24, 2.45) is 0 Å². The molecule has 4 rings (SSSR count). The van der Waals surface area contributed by atoms with E-state index in [0.29, 0.717) is 38.6 Å². The number of benzene rings is 3. The number of rotatable bonds is 16. The van der Waals surface area contributed by atoms with Gasteiger partial charge >= 0.3 is 11.5 Å². The Labute approximate surface area is 267 Å². The van der Waals surface area contributed by atoms with Crippen LogP contribution in [-0.2, 0) is 40.0 Å². The third-order valence-corrected chi connectivity index (χ3v) is 8.50. The van der Waals surface area contributed by atoms with Crippen molar-refractivity contribution in [3.8, 4) is 11.5 Å². The van der Waals surface area contributed by atoms with Crippen LogP contribution < -0.4 is 9.47 Å². The molecule has 1 aliphatic rings. The van der Waals surface area contributed by atoms with E-state index in [1.54, 1.807) is 12.1 Å². The number of hydrogen-bond donors (Lipinski definition) is 0. The lowest BCUT2D eigenvalue weighted by atomic mass is 10.2. The zero-order valence-corrected chi connectivity index (χ0v) is 26.0. The highest BCUT2D eigenvalue weighted by Gasteiger charge is 2.37. The fourth-order valence-electron chi connectivity index (χ4n) is 3.48. The summed E-state index contributed by atoms with van der Waals surface area (Å²) in [7, 11) is -6.52. The van der Waals surface area contributed by atoms with Gasteiger partial charge in [0.15, 0.2) is 24.8 Å². The monoisotopic (exact) mass is 684 g/mol. The summed E-state index contributed by atoms with van der Waals surface area (Å²) in [6, 6.07) is 23.6. The van der Waals surface area contributed by atoms with Crippen molar-refractivity contribution in [3.05, 3.63) is 104 Å². The van der Waals surface area contributed by atoms with Gasteiger partial charge in [-0.05, 0) is 72.8 Å². The van der Waals surface area contributed by atoms with Gasteiger partial charge in [-0.15, -0.1) is 0 Å². The van der Waals surface area contributed by atoms with Crippen LogP contribution in [0.2, 0.25) is 0 Å². The minimum atomic E-state index is -6.09. The molecule has 1 unspecified atom stereocenters. The molecule has 0 N–H and O–H groups in total. The van der Waals surface area contributed by atoms with Gasteiger partial charge in [-0.1, -0.05) is 13.2 Å². The summed E-state index contributed by atoms with van der Waals surface area (Å²) < 4.78 is 91.1. The van der Waals surface area contributed by atoms with Crippen molar-refractivity contribution in [3.63, 3.8) is 0 Å². The Morgan fingerprint density at radius 1 is 0.826 bits per heavy atom. The van der Waals surface area contributed by atoms with E-state index < -0.39 is 26.5 Å². The van der Waals surface area contributed by atoms with Gasteiger partial charge in [0.05, 0.1) is 35.6 Å². The summed E-state index contributed by atoms with van der Waals surface area (Å²) in [5.41, 5.74) is -5.14. The SMILES string of the molecule is C=COCCOc1ccc([S+](c2ccc(OCCOC=C)cc2)c2ccc(C(=O)OCC3CO3)cc2)cc1.O=S(=O)([O-])C(F)(F)F. The minimum Gasteiger partial charge on any atom is -0.741 e. The highest BCUT2D eigenvalue weighted by atomic mass is 32.2. The summed E-state index contributed by atoms with van der Waals surface area (Å²) in [4.78, 5) is 15.7. The lowest BCUT2D eigenvalue weighted by Gasteiger charge is -2.11. The molecular weight excluding hydrogens is 653 g/mol. The number of epoxide rings is 1. The second-order valence-electron chi connectivity index (χ2n) is 9.00. The predicted molar refractivity (Wildman–Crippen MR) is 161 cm³/mol. The predicted octanol–water partition coefficient (Wildman–Crippen LogP) is 5.47. The topological polar surface area (TPSA) is 133 Å². The van der Waals surface area contributed by atoms with Crippen molar-refractivity contribution in [1.29, 1.82) is 0 Å². The van der Waals surface area contributed by atoms with Crippen LogP contribution in [0.3, 0.4) is 0 Å². The maximum absolute atomic E-state index is 12.4. The third-order valence-electron chi connectivity index (χ3n) is 5.71. The van der Waals surface area contributed by atoms with E-state index >= 15 is 0 Å². The number of hydrogen-bond acceptors (Lipinski definition) is 10. The molecule has 46 heavy (non-hydrogen) atoms. The molecule has 0 amide bonds. The second kappa shape index (κ2) is 17.5. The van der Waals surface area contributed by atoms with E-state index in [4.69, 9.17) is 41.4 Å². The first kappa shape index (κ1) is 36.3. The Balaban J connectivity index is 0.000000637. The van der Waals surface area contributed by atoms with Gasteiger partial charge in [-0.25, -0.2) is 13.2 Å². The Bertz CT molecular complexity index is 1450. The van der Waals surface area contributed by atoms with Gasteiger partial charge in [0.25, 0.3) is 0 Å². The number of carbonyl (C=O) groups is 1. The Morgan fingerprint density at radius 3 is 1.57 bits per heavy atom. The van der Waals surface area contributed by atoms with Gasteiger partial charge < -0.3 is 33.0 Å². The van der Waals surface area contributed by atoms with Crippen LogP contribution in [0.15, 0.2) is 113 Å². The number of alkyl halides is 3. The largest absolute Gasteiger partial charge is 0.741 e. The quantitative estimate of drug-likeness (QED) is 0.0364. The first-order valence-electron chi connectivity index (χ1n) is 13.5. The molecule has 0 radical (unpaired) electrons. The first-order chi connectivity index (χ1) is 21.9. The molecule has 1 atom stereocenters. The summed E-state index contributed by atoms with van der Waals surface area (Å²) in [6.45, 7) is 9.73. The summed E-state index contributed by atoms with van der Waals surface area (Å²) in [5, 5.41) is 0. The molecule has 0 saturated carbocycles. The zero-order chi connectivity index (χ0) is 33.6. The van der Waals surface area contributed by atoms with Crippen molar-refractivity contribution in [2.75, 3.05) is 39.6 Å². The Kier molecular flexibility index (Phi) is 13.8. The average Bonchev–Trinajstić information content (AvgIpc) is 3.86. The maximum Gasteiger partial charge on any atom is 0.485 e. The molecule has 1 aliphatic heterocycles. The van der Waals surface area contributed by atoms with Crippen LogP contribution in [0, 0.1) is 0 Å². The van der Waals surface area contributed by atoms with Gasteiger partial charge in [0.1, 0.15) is 50.6 Å². The number of halogens is 3. The fraction of sp³-hybridized carbons (Fsp3) is 0.258. The van der Waals surface area contributed by atoms with Gasteiger partial charge in [-0.2, -0.15) is 13.2 Å². The lowest BCUT2D eigenvalue weighted by Crippen LogP contribution is -2.21. The standard InChI is InChI=1S/C30H31O7S.CHF3O3S/c1-3-32-17-19-34-24-7-13-28(14-8-24)38(29-15-9-25(10-16-29)35-20-18-33-4-2)27-11-5-23(6-12-27)30(31)37-22-26-21-36-26;2-1(3,4)8(5,6)7/h3-16,26H,1-2,17-22H2;(H,5,6,7)/q+1;/p-1. The highest BCUT2D eigenvalue weighted by molar-refractivity contribution is 7.97. The summed E-state index contributed by atoms with van der Waals surface area (Å²) in [5.74, 6) is 1.16. The molecule has 3 aromatic rings. The molecule has 1 saturated heterocycles. The van der Waals surface area contributed by atoms with Gasteiger partial charge in [0, 0.05) is 0 Å². The second-order valence-corrected chi connectivity index (χ2v) is 12.4. The van der Waals surface area contributed by atoms with E-state index in [9.17, 15) is 18.0 Å². The molecule has 0 spiro atoms. The van der Waals surface area contributed by atoms with Crippen LogP contribution in [0.1, 0.15) is 10.4 Å². The molecule has 15 heteroatoms. The average molecular weight is 685 g/mol. The first-order valence-corrected chi connectivity index (χ1v) is 16.1. The van der Waals surface area contributed by atoms with Crippen LogP contribution in [0.25, 0.3) is 0 Å². The van der Waals surface area contributed by atoms with Crippen LogP contribution in [0.4, 0.5) is 13.2 Å². The molecular formula is C31H31F3O10S2. The van der Waals surface area contributed by atoms with E-state index in [1.807, 2.05) is 36.4 Å². The molecule has 1 fully saturated rings. The van der Waals surface area contributed by atoms with Crippen molar-refractivity contribution < 1.29 is 59.4 Å². The summed E-state index contributed by atoms with van der Waals surface area (Å²) in [6.07, 6.45) is 2.83. The van der Waals surface area contributed by atoms with Crippen LogP contribution in [-0.4, -0.2) is 70.2 Å². The molecule has 3 aromatic carbocycles. The van der Waals surface area contributed by atoms with Crippen molar-refractivity contribution >= 4 is 27.0 Å². The van der Waals surface area contributed by atoms with E-state index in [1.165, 1.54) is 12.5 Å². The molecule has 0 bridgehead atoms. The van der Waals surface area contributed by atoms with Crippen molar-refractivity contribution in [2.45, 2.75) is 26.3 Å². The maximum atomic E-state index is 12.4. The summed E-state index contributed by atoms with van der Waals surface area (Å²) >= 11 is 0. The number of ether oxygens (including phenoxy) is 6. The lowest BCUT2D eigenvalue weighted by molar-refractivity contribution is -0.0517. The van der Waals surface area contributed by atoms with E-state index in [2.05, 4.69) is 37.4 Å². The van der Waals surface area contributed by atoms with Crippen LogP contribution >= 0.6 is 0 Å². The molecule has 10 nitrogen and oxygen atoms in total. The number of esters is 1. The minimum absolute atomic E-state index is 0.0343. The van der Waals surface area contributed by atoms with Crippen molar-refractivity contribution in [1.82, 2.24) is 0 Å². The van der Waals surface area contributed by atoms with Gasteiger partial charge in [0.2, 0.25) is 0 Å². The highest BCUT2D eigenvalue weighted by Crippen LogP contribution is 2.33. The molecule has 0 aromatic heterocycles. The molecule has 0 aliphatic carbocycles. The zero-order valence-electron chi connectivity index (χ0n) is 24.3. The fourth-order valence-corrected chi connectivity index (χ4v) is 5.52. The Morgan fingerprint density at radius 2 is 1.22 bits per heavy atom. The van der Waals surface area contributed by atoms with E-state index in [0.717, 1.165) is 26.2 Å². The number of carbonyl (C=O) groups excluding carboxylic acids is 1. The third kappa shape index (κ3) is 12.0. The molecule has 248 valence electrons.